The standard InChI is InChI=1S/C18H10BrF9N2O4/c1-29(14(31)8-3-2-4-10(5-8)30(32)33)13-11(19)6-9(7-12(13)34-15(20)21)16(22,17(23,24)25)18(26,27)28/h2-7,15H,1H3. The fraction of sp³-hybridized carbons (Fsp3) is 0.278. The van der Waals surface area contributed by atoms with Gasteiger partial charge in [0, 0.05) is 34.8 Å². The highest BCUT2D eigenvalue weighted by Crippen LogP contribution is 2.55. The Hall–Kier alpha value is -3.04. The molecule has 0 radical (unpaired) electrons. The number of nitrogens with zero attached hydrogens (tertiary/aromatic N) is 2. The lowest BCUT2D eigenvalue weighted by molar-refractivity contribution is -0.384. The van der Waals surface area contributed by atoms with Crippen molar-refractivity contribution in [3.05, 3.63) is 62.1 Å². The Balaban J connectivity index is 2.71. The summed E-state index contributed by atoms with van der Waals surface area (Å²) in [7, 11) is 0.871. The maximum absolute atomic E-state index is 14.5. The van der Waals surface area contributed by atoms with E-state index in [1.807, 2.05) is 0 Å². The van der Waals surface area contributed by atoms with E-state index in [-0.39, 0.29) is 17.7 Å². The maximum Gasteiger partial charge on any atom is 0.435 e. The van der Waals surface area contributed by atoms with Crippen LogP contribution in [0.15, 0.2) is 40.9 Å². The van der Waals surface area contributed by atoms with E-state index < -0.39 is 62.6 Å². The lowest BCUT2D eigenvalue weighted by Crippen LogP contribution is -2.50. The lowest BCUT2D eigenvalue weighted by atomic mass is 9.93. The number of hydrogen-bond donors (Lipinski definition) is 0. The fourth-order valence-corrected chi connectivity index (χ4v) is 3.53. The molecular weight excluding hydrogens is 559 g/mol. The van der Waals surface area contributed by atoms with Crippen LogP contribution in [0.3, 0.4) is 0 Å². The molecule has 0 aliphatic heterocycles. The zero-order valence-corrected chi connectivity index (χ0v) is 17.9. The average Bonchev–Trinajstić information content (AvgIpc) is 2.69. The van der Waals surface area contributed by atoms with Crippen molar-refractivity contribution in [2.75, 3.05) is 11.9 Å². The highest BCUT2D eigenvalue weighted by atomic mass is 79.9. The Kier molecular flexibility index (Phi) is 7.45. The quantitative estimate of drug-likeness (QED) is 0.226. The first kappa shape index (κ1) is 27.2. The summed E-state index contributed by atoms with van der Waals surface area (Å²) in [5.74, 6) is -2.55. The second kappa shape index (κ2) is 9.31. The van der Waals surface area contributed by atoms with Gasteiger partial charge in [-0.3, -0.25) is 14.9 Å². The molecule has 6 nitrogen and oxygen atoms in total. The number of nitro groups is 1. The van der Waals surface area contributed by atoms with Gasteiger partial charge in [0.1, 0.15) is 5.69 Å². The number of amides is 1. The minimum atomic E-state index is -6.54. The van der Waals surface area contributed by atoms with E-state index in [9.17, 15) is 54.4 Å². The number of nitro benzene ring substituents is 1. The van der Waals surface area contributed by atoms with E-state index in [1.165, 1.54) is 0 Å². The van der Waals surface area contributed by atoms with Gasteiger partial charge in [-0.15, -0.1) is 0 Å². The molecule has 0 unspecified atom stereocenters. The molecule has 0 saturated heterocycles. The largest absolute Gasteiger partial charge is 0.435 e. The van der Waals surface area contributed by atoms with Crippen LogP contribution in [0.1, 0.15) is 15.9 Å². The van der Waals surface area contributed by atoms with Gasteiger partial charge >= 0.3 is 24.6 Å². The Labute approximate surface area is 192 Å². The summed E-state index contributed by atoms with van der Waals surface area (Å²) < 4.78 is 122. The third-order valence-corrected chi connectivity index (χ3v) is 4.97. The first-order chi connectivity index (χ1) is 15.4. The minimum Gasteiger partial charge on any atom is -0.433 e. The first-order valence-corrected chi connectivity index (χ1v) is 9.34. The van der Waals surface area contributed by atoms with Gasteiger partial charge in [0.2, 0.25) is 0 Å². The maximum atomic E-state index is 14.5. The number of carbonyl (C=O) groups is 1. The molecule has 0 N–H and O–H groups in total. The molecule has 186 valence electrons. The van der Waals surface area contributed by atoms with Crippen molar-refractivity contribution in [2.45, 2.75) is 24.6 Å². The lowest BCUT2D eigenvalue weighted by Gasteiger charge is -2.31. The summed E-state index contributed by atoms with van der Waals surface area (Å²) in [5.41, 5.74) is -9.84. The Bertz CT molecular complexity index is 1090. The summed E-state index contributed by atoms with van der Waals surface area (Å²) in [4.78, 5) is 23.2. The van der Waals surface area contributed by atoms with Crippen LogP contribution in [0.25, 0.3) is 0 Å². The molecule has 2 aromatic rings. The molecule has 0 saturated carbocycles. The predicted molar refractivity (Wildman–Crippen MR) is 101 cm³/mol. The third kappa shape index (κ3) is 5.05. The number of halogens is 10. The van der Waals surface area contributed by atoms with Gasteiger partial charge in [0.25, 0.3) is 11.6 Å². The van der Waals surface area contributed by atoms with E-state index in [4.69, 9.17) is 0 Å². The number of carbonyl (C=O) groups excluding carboxylic acids is 1. The van der Waals surface area contributed by atoms with Crippen LogP contribution in [-0.4, -0.2) is 36.8 Å². The topological polar surface area (TPSA) is 72.7 Å². The molecule has 16 heteroatoms. The van der Waals surface area contributed by atoms with Gasteiger partial charge in [-0.2, -0.15) is 35.1 Å². The normalized spacial score (nSPS) is 12.6. The first-order valence-electron chi connectivity index (χ1n) is 8.55. The van der Waals surface area contributed by atoms with Crippen molar-refractivity contribution in [3.8, 4) is 5.75 Å². The third-order valence-electron chi connectivity index (χ3n) is 4.37. The van der Waals surface area contributed by atoms with Gasteiger partial charge in [-0.05, 0) is 34.1 Å². The zero-order valence-electron chi connectivity index (χ0n) is 16.3. The molecule has 2 rings (SSSR count). The van der Waals surface area contributed by atoms with Gasteiger partial charge in [-0.1, -0.05) is 6.07 Å². The van der Waals surface area contributed by atoms with E-state index in [2.05, 4.69) is 20.7 Å². The number of benzene rings is 2. The second-order valence-corrected chi connectivity index (χ2v) is 7.36. The molecule has 0 fully saturated rings. The summed E-state index contributed by atoms with van der Waals surface area (Å²) in [6.07, 6.45) is -13.1. The van der Waals surface area contributed by atoms with Crippen molar-refractivity contribution in [1.82, 2.24) is 0 Å². The molecule has 34 heavy (non-hydrogen) atoms. The zero-order chi connectivity index (χ0) is 26.2. The Morgan fingerprint density at radius 2 is 1.62 bits per heavy atom. The van der Waals surface area contributed by atoms with Gasteiger partial charge in [0.15, 0.2) is 5.75 Å². The number of non-ortho nitro benzene ring substituents is 1. The number of hydrogen-bond acceptors (Lipinski definition) is 4. The fourth-order valence-electron chi connectivity index (χ4n) is 2.82. The van der Waals surface area contributed by atoms with Crippen molar-refractivity contribution in [3.63, 3.8) is 0 Å². The summed E-state index contributed by atoms with van der Waals surface area (Å²) in [5, 5.41) is 10.9. The molecule has 1 amide bonds. The molecule has 0 spiro atoms. The van der Waals surface area contributed by atoms with Crippen LogP contribution in [-0.2, 0) is 5.67 Å². The molecule has 0 atom stereocenters. The summed E-state index contributed by atoms with van der Waals surface area (Å²) in [6, 6.07) is 3.71. The van der Waals surface area contributed by atoms with Crippen LogP contribution < -0.4 is 9.64 Å². The highest BCUT2D eigenvalue weighted by Gasteiger charge is 2.73. The minimum absolute atomic E-state index is 0.00582. The molecular formula is C18H10BrF9N2O4. The van der Waals surface area contributed by atoms with Gasteiger partial charge in [0.05, 0.1) is 4.92 Å². The van der Waals surface area contributed by atoms with Crippen molar-refractivity contribution in [2.24, 2.45) is 0 Å². The average molecular weight is 569 g/mol. The Morgan fingerprint density at radius 1 is 1.06 bits per heavy atom. The summed E-state index contributed by atoms with van der Waals surface area (Å²) in [6.45, 7) is -3.80. The van der Waals surface area contributed by atoms with Crippen molar-refractivity contribution < 1.29 is 54.0 Å². The molecule has 0 aliphatic carbocycles. The highest BCUT2D eigenvalue weighted by molar-refractivity contribution is 9.10. The molecule has 2 aromatic carbocycles. The van der Waals surface area contributed by atoms with E-state index in [0.29, 0.717) is 4.90 Å². The van der Waals surface area contributed by atoms with E-state index in [0.717, 1.165) is 31.3 Å². The van der Waals surface area contributed by atoms with Gasteiger partial charge < -0.3 is 9.64 Å². The van der Waals surface area contributed by atoms with Crippen LogP contribution in [0, 0.1) is 10.1 Å². The molecule has 0 heterocycles. The predicted octanol–water partition coefficient (Wildman–Crippen LogP) is 6.52. The van der Waals surface area contributed by atoms with Crippen LogP contribution in [0.5, 0.6) is 5.75 Å². The summed E-state index contributed by atoms with van der Waals surface area (Å²) >= 11 is 2.56. The van der Waals surface area contributed by atoms with Crippen molar-refractivity contribution in [1.29, 1.82) is 0 Å². The smallest absolute Gasteiger partial charge is 0.433 e. The number of anilines is 1. The van der Waals surface area contributed by atoms with Crippen LogP contribution in [0.4, 0.5) is 50.9 Å². The van der Waals surface area contributed by atoms with Crippen LogP contribution >= 0.6 is 15.9 Å². The number of rotatable bonds is 6. The number of alkyl halides is 9. The van der Waals surface area contributed by atoms with E-state index >= 15 is 0 Å². The van der Waals surface area contributed by atoms with Crippen molar-refractivity contribution >= 4 is 33.2 Å². The monoisotopic (exact) mass is 568 g/mol. The molecule has 0 aromatic heterocycles. The van der Waals surface area contributed by atoms with E-state index in [1.54, 1.807) is 0 Å². The van der Waals surface area contributed by atoms with Gasteiger partial charge in [-0.25, -0.2) is 4.39 Å². The second-order valence-electron chi connectivity index (χ2n) is 6.51. The van der Waals surface area contributed by atoms with Crippen LogP contribution in [0.2, 0.25) is 0 Å². The Morgan fingerprint density at radius 3 is 2.09 bits per heavy atom. The molecule has 0 aliphatic rings. The molecule has 0 bridgehead atoms. The number of ether oxygens (including phenoxy) is 1. The SMILES string of the molecule is CN(C(=O)c1cccc([N+](=O)[O-])c1)c1c(Br)cc(C(F)(C(F)(F)F)C(F)(F)F)cc1OC(F)F.